The summed E-state index contributed by atoms with van der Waals surface area (Å²) >= 11 is 0. The summed E-state index contributed by atoms with van der Waals surface area (Å²) in [5.41, 5.74) is 3.98. The van der Waals surface area contributed by atoms with Crippen molar-refractivity contribution >= 4 is 38.9 Å². The number of nitrogens with one attached hydrogen (secondary N) is 2. The van der Waals surface area contributed by atoms with Gasteiger partial charge in [-0.05, 0) is 48.0 Å². The van der Waals surface area contributed by atoms with Crippen LogP contribution in [0.4, 0.5) is 17.2 Å². The molecule has 0 amide bonds. The lowest BCUT2D eigenvalue weighted by atomic mass is 10.2. The van der Waals surface area contributed by atoms with Crippen LogP contribution in [0.5, 0.6) is 5.75 Å². The predicted molar refractivity (Wildman–Crippen MR) is 143 cm³/mol. The Kier molecular flexibility index (Phi) is 7.50. The van der Waals surface area contributed by atoms with E-state index < -0.39 is 10.8 Å². The highest BCUT2D eigenvalue weighted by molar-refractivity contribution is 7.85. The van der Waals surface area contributed by atoms with Crippen LogP contribution in [-0.2, 0) is 17.4 Å². The second-order valence-electron chi connectivity index (χ2n) is 8.49. The van der Waals surface area contributed by atoms with E-state index in [0.717, 1.165) is 77.1 Å². The maximum Gasteiger partial charge on any atom is 0.141 e. The SMILES string of the molecule is O=S1CCN(CCNc2ccc3ncnc(Nc4ccc(OCc5ccccc5)cc4)c3c2)CC1. The molecule has 7 nitrogen and oxygen atoms in total. The average Bonchev–Trinajstić information content (AvgIpc) is 2.90. The van der Waals surface area contributed by atoms with Crippen LogP contribution in [0, 0.1) is 0 Å². The Morgan fingerprint density at radius 3 is 2.49 bits per heavy atom. The van der Waals surface area contributed by atoms with Crippen LogP contribution in [-0.4, -0.2) is 56.8 Å². The summed E-state index contributed by atoms with van der Waals surface area (Å²) < 4.78 is 17.4. The number of rotatable bonds is 9. The van der Waals surface area contributed by atoms with Crippen LogP contribution in [0.2, 0.25) is 0 Å². The topological polar surface area (TPSA) is 79.4 Å². The number of nitrogens with zero attached hydrogens (tertiary/aromatic N) is 3. The molecule has 5 rings (SSSR count). The first-order chi connectivity index (χ1) is 17.2. The van der Waals surface area contributed by atoms with Crippen molar-refractivity contribution in [2.75, 3.05) is 48.3 Å². The molecule has 0 radical (unpaired) electrons. The first-order valence-electron chi connectivity index (χ1n) is 11.8. The summed E-state index contributed by atoms with van der Waals surface area (Å²) in [7, 11) is -0.638. The van der Waals surface area contributed by atoms with Crippen molar-refractivity contribution in [2.45, 2.75) is 6.61 Å². The Hall–Kier alpha value is -3.49. The van der Waals surface area contributed by atoms with Gasteiger partial charge in [-0.2, -0.15) is 0 Å². The van der Waals surface area contributed by atoms with E-state index in [1.807, 2.05) is 54.6 Å². The van der Waals surface area contributed by atoms with Gasteiger partial charge >= 0.3 is 0 Å². The first-order valence-corrected chi connectivity index (χ1v) is 13.3. The highest BCUT2D eigenvalue weighted by Gasteiger charge is 2.14. The molecule has 4 aromatic rings. The van der Waals surface area contributed by atoms with Gasteiger partial charge in [0.05, 0.1) is 5.52 Å². The number of anilines is 3. The van der Waals surface area contributed by atoms with E-state index >= 15 is 0 Å². The van der Waals surface area contributed by atoms with Gasteiger partial charge in [-0.15, -0.1) is 0 Å². The summed E-state index contributed by atoms with van der Waals surface area (Å²) in [4.78, 5) is 11.3. The van der Waals surface area contributed by atoms with E-state index in [4.69, 9.17) is 4.74 Å². The van der Waals surface area contributed by atoms with Gasteiger partial charge in [0.15, 0.2) is 0 Å². The van der Waals surface area contributed by atoms with Gasteiger partial charge in [0, 0.05) is 65.2 Å². The third kappa shape index (κ3) is 6.35. The van der Waals surface area contributed by atoms with E-state index in [1.54, 1.807) is 6.33 Å². The maximum atomic E-state index is 11.5. The van der Waals surface area contributed by atoms with E-state index in [0.29, 0.717) is 6.61 Å². The van der Waals surface area contributed by atoms with E-state index in [1.165, 1.54) is 0 Å². The van der Waals surface area contributed by atoms with Crippen LogP contribution >= 0.6 is 0 Å². The van der Waals surface area contributed by atoms with Crippen molar-refractivity contribution in [3.05, 3.63) is 84.7 Å². The molecule has 1 saturated heterocycles. The second-order valence-corrected chi connectivity index (χ2v) is 10.2. The average molecular weight is 488 g/mol. The molecule has 2 heterocycles. The summed E-state index contributed by atoms with van der Waals surface area (Å²) in [5.74, 6) is 3.14. The second kappa shape index (κ2) is 11.3. The van der Waals surface area contributed by atoms with Crippen molar-refractivity contribution in [3.63, 3.8) is 0 Å². The van der Waals surface area contributed by atoms with Gasteiger partial charge in [-0.3, -0.25) is 9.11 Å². The van der Waals surface area contributed by atoms with Gasteiger partial charge in [-0.25, -0.2) is 9.97 Å². The number of fused-ring (bicyclic) bond motifs is 1. The minimum Gasteiger partial charge on any atom is -0.489 e. The van der Waals surface area contributed by atoms with Crippen LogP contribution in [0.25, 0.3) is 10.9 Å². The molecule has 1 aliphatic heterocycles. The number of hydrogen-bond donors (Lipinski definition) is 2. The fourth-order valence-corrected chi connectivity index (χ4v) is 5.16. The quantitative estimate of drug-likeness (QED) is 0.362. The van der Waals surface area contributed by atoms with Gasteiger partial charge < -0.3 is 15.4 Å². The third-order valence-electron chi connectivity index (χ3n) is 6.03. The van der Waals surface area contributed by atoms with Crippen molar-refractivity contribution < 1.29 is 8.95 Å². The van der Waals surface area contributed by atoms with Gasteiger partial charge in [-0.1, -0.05) is 30.3 Å². The van der Waals surface area contributed by atoms with Crippen LogP contribution in [0.15, 0.2) is 79.1 Å². The zero-order valence-corrected chi connectivity index (χ0v) is 20.3. The molecule has 0 aliphatic carbocycles. The molecule has 0 saturated carbocycles. The van der Waals surface area contributed by atoms with Crippen LogP contribution in [0.1, 0.15) is 5.56 Å². The minimum atomic E-state index is -0.638. The molecular weight excluding hydrogens is 458 g/mol. The summed E-state index contributed by atoms with van der Waals surface area (Å²) in [6, 6.07) is 24.2. The Bertz CT molecular complexity index is 1270. The zero-order valence-electron chi connectivity index (χ0n) is 19.5. The molecular formula is C27H29N5O2S. The Morgan fingerprint density at radius 1 is 0.914 bits per heavy atom. The predicted octanol–water partition coefficient (Wildman–Crippen LogP) is 4.43. The third-order valence-corrected chi connectivity index (χ3v) is 7.30. The van der Waals surface area contributed by atoms with E-state index in [9.17, 15) is 4.21 Å². The standard InChI is InChI=1S/C27H29N5O2S/c33-35-16-14-32(15-17-35)13-12-28-23-8-11-26-25(18-23)27(30-20-29-26)31-22-6-9-24(10-7-22)34-19-21-4-2-1-3-5-21/h1-11,18,20,28H,12-17,19H2,(H,29,30,31). The molecule has 1 fully saturated rings. The summed E-state index contributed by atoms with van der Waals surface area (Å²) in [5, 5.41) is 7.87. The van der Waals surface area contributed by atoms with Crippen LogP contribution < -0.4 is 15.4 Å². The number of hydrogen-bond acceptors (Lipinski definition) is 7. The monoisotopic (exact) mass is 487 g/mol. The molecule has 0 spiro atoms. The molecule has 0 atom stereocenters. The minimum absolute atomic E-state index is 0.539. The Morgan fingerprint density at radius 2 is 1.69 bits per heavy atom. The van der Waals surface area contributed by atoms with Crippen molar-refractivity contribution in [1.82, 2.24) is 14.9 Å². The highest BCUT2D eigenvalue weighted by Crippen LogP contribution is 2.27. The normalized spacial score (nSPS) is 14.6. The molecule has 2 N–H and O–H groups in total. The molecule has 0 bridgehead atoms. The lowest BCUT2D eigenvalue weighted by Crippen LogP contribution is -2.40. The molecule has 3 aromatic carbocycles. The summed E-state index contributed by atoms with van der Waals surface area (Å²) in [6.07, 6.45) is 1.58. The fraction of sp³-hybridized carbons (Fsp3) is 0.259. The first kappa shape index (κ1) is 23.3. The van der Waals surface area contributed by atoms with Crippen molar-refractivity contribution in [2.24, 2.45) is 0 Å². The fourth-order valence-electron chi connectivity index (χ4n) is 4.04. The smallest absolute Gasteiger partial charge is 0.141 e. The number of benzene rings is 3. The van der Waals surface area contributed by atoms with Crippen molar-refractivity contribution in [1.29, 1.82) is 0 Å². The van der Waals surface area contributed by atoms with Crippen LogP contribution in [0.3, 0.4) is 0 Å². The van der Waals surface area contributed by atoms with Crippen molar-refractivity contribution in [3.8, 4) is 5.75 Å². The highest BCUT2D eigenvalue weighted by atomic mass is 32.2. The lowest BCUT2D eigenvalue weighted by Gasteiger charge is -2.26. The maximum absolute atomic E-state index is 11.5. The van der Waals surface area contributed by atoms with Gasteiger partial charge in [0.2, 0.25) is 0 Å². The van der Waals surface area contributed by atoms with E-state index in [-0.39, 0.29) is 0 Å². The Balaban J connectivity index is 1.21. The zero-order chi connectivity index (χ0) is 23.9. The molecule has 8 heteroatoms. The number of aromatic nitrogens is 2. The van der Waals surface area contributed by atoms with Gasteiger partial charge in [0.1, 0.15) is 24.5 Å². The molecule has 35 heavy (non-hydrogen) atoms. The molecule has 180 valence electrons. The molecule has 1 aliphatic rings. The Labute approximate surface area is 208 Å². The largest absolute Gasteiger partial charge is 0.489 e. The lowest BCUT2D eigenvalue weighted by molar-refractivity contribution is 0.306. The molecule has 1 aromatic heterocycles. The van der Waals surface area contributed by atoms with Gasteiger partial charge in [0.25, 0.3) is 0 Å². The van der Waals surface area contributed by atoms with E-state index in [2.05, 4.69) is 43.7 Å². The summed E-state index contributed by atoms with van der Waals surface area (Å²) in [6.45, 7) is 4.12. The molecule has 0 unspecified atom stereocenters. The number of ether oxygens (including phenoxy) is 1.